The molecular weight excluding hydrogens is 254 g/mol. The van der Waals surface area contributed by atoms with E-state index < -0.39 is 0 Å². The summed E-state index contributed by atoms with van der Waals surface area (Å²) in [4.78, 5) is 25.9. The molecule has 1 heterocycles. The number of carbonyl (C=O) groups is 2. The minimum atomic E-state index is -0.213. The lowest BCUT2D eigenvalue weighted by atomic mass is 9.94. The highest BCUT2D eigenvalue weighted by Gasteiger charge is 2.31. The van der Waals surface area contributed by atoms with Crippen LogP contribution in [0.4, 0.5) is 0 Å². The Morgan fingerprint density at radius 2 is 2.00 bits per heavy atom. The van der Waals surface area contributed by atoms with Gasteiger partial charge in [0.1, 0.15) is 0 Å². The monoisotopic (exact) mass is 275 g/mol. The summed E-state index contributed by atoms with van der Waals surface area (Å²) in [5, 5.41) is 0. The van der Waals surface area contributed by atoms with Gasteiger partial charge >= 0.3 is 5.97 Å². The number of hydrogen-bond donors (Lipinski definition) is 0. The molecular formula is C16H21NO3. The Labute approximate surface area is 119 Å². The molecule has 1 aromatic carbocycles. The molecule has 1 fully saturated rings. The van der Waals surface area contributed by atoms with Crippen molar-refractivity contribution in [2.75, 3.05) is 20.2 Å². The molecule has 108 valence electrons. The molecule has 1 aromatic rings. The van der Waals surface area contributed by atoms with Crippen molar-refractivity contribution in [2.45, 2.75) is 25.7 Å². The van der Waals surface area contributed by atoms with Crippen LogP contribution in [0.5, 0.6) is 0 Å². The van der Waals surface area contributed by atoms with Crippen LogP contribution in [0.3, 0.4) is 0 Å². The van der Waals surface area contributed by atoms with E-state index in [0.717, 1.165) is 24.9 Å². The van der Waals surface area contributed by atoms with Gasteiger partial charge in [-0.1, -0.05) is 30.3 Å². The van der Waals surface area contributed by atoms with E-state index in [2.05, 4.69) is 0 Å². The number of ether oxygens (including phenoxy) is 1. The highest BCUT2D eigenvalue weighted by Crippen LogP contribution is 2.23. The van der Waals surface area contributed by atoms with Gasteiger partial charge in [0.25, 0.3) is 0 Å². The zero-order valence-electron chi connectivity index (χ0n) is 12.0. The van der Waals surface area contributed by atoms with Crippen molar-refractivity contribution >= 4 is 11.9 Å². The van der Waals surface area contributed by atoms with Crippen molar-refractivity contribution in [3.05, 3.63) is 35.9 Å². The van der Waals surface area contributed by atoms with E-state index in [1.807, 2.05) is 37.3 Å². The van der Waals surface area contributed by atoms with Gasteiger partial charge in [-0.2, -0.15) is 0 Å². The molecule has 0 saturated carbocycles. The van der Waals surface area contributed by atoms with Gasteiger partial charge in [0.05, 0.1) is 18.9 Å². The fraction of sp³-hybridized carbons (Fsp3) is 0.500. The molecule has 0 radical (unpaired) electrons. The summed E-state index contributed by atoms with van der Waals surface area (Å²) in [6.45, 7) is 3.12. The van der Waals surface area contributed by atoms with Crippen molar-refractivity contribution in [1.82, 2.24) is 4.90 Å². The van der Waals surface area contributed by atoms with Gasteiger partial charge in [-0.05, 0) is 25.3 Å². The molecule has 1 aliphatic rings. The van der Waals surface area contributed by atoms with Crippen LogP contribution in [0, 0.1) is 5.92 Å². The highest BCUT2D eigenvalue weighted by molar-refractivity contribution is 5.84. The summed E-state index contributed by atoms with van der Waals surface area (Å²) in [5.41, 5.74) is 1.01. The minimum absolute atomic E-state index is 0.0878. The molecule has 4 nitrogen and oxygen atoms in total. The first-order chi connectivity index (χ1) is 9.63. The molecule has 0 unspecified atom stereocenters. The predicted octanol–water partition coefficient (Wildman–Crippen LogP) is 2.20. The van der Waals surface area contributed by atoms with E-state index in [9.17, 15) is 9.59 Å². The summed E-state index contributed by atoms with van der Waals surface area (Å²) >= 11 is 0. The zero-order valence-corrected chi connectivity index (χ0v) is 12.0. The molecule has 2 atom stereocenters. The summed E-state index contributed by atoms with van der Waals surface area (Å²) < 4.78 is 4.79. The Morgan fingerprint density at radius 3 is 2.65 bits per heavy atom. The molecule has 2 rings (SSSR count). The van der Waals surface area contributed by atoms with Crippen molar-refractivity contribution < 1.29 is 14.3 Å². The van der Waals surface area contributed by atoms with E-state index in [1.54, 1.807) is 4.90 Å². The van der Waals surface area contributed by atoms with Gasteiger partial charge in [0, 0.05) is 13.1 Å². The Morgan fingerprint density at radius 1 is 1.30 bits per heavy atom. The van der Waals surface area contributed by atoms with Crippen molar-refractivity contribution in [2.24, 2.45) is 5.92 Å². The fourth-order valence-corrected chi connectivity index (χ4v) is 2.69. The van der Waals surface area contributed by atoms with Gasteiger partial charge in [0.15, 0.2) is 0 Å². The maximum Gasteiger partial charge on any atom is 0.310 e. The number of amides is 1. The average molecular weight is 275 g/mol. The molecule has 1 amide bonds. The number of carbonyl (C=O) groups excluding carboxylic acids is 2. The number of methoxy groups -OCH3 is 1. The summed E-state index contributed by atoms with van der Waals surface area (Å²) in [6, 6.07) is 9.74. The topological polar surface area (TPSA) is 46.6 Å². The van der Waals surface area contributed by atoms with Gasteiger partial charge < -0.3 is 9.64 Å². The maximum atomic E-state index is 12.5. The SMILES string of the molecule is COC(=O)[C@@H]1CCCN(C(=O)[C@H](C)c2ccccc2)C1. The summed E-state index contributed by atoms with van der Waals surface area (Å²) in [7, 11) is 1.40. The van der Waals surface area contributed by atoms with E-state index in [4.69, 9.17) is 4.74 Å². The lowest BCUT2D eigenvalue weighted by molar-refractivity contribution is -0.149. The molecule has 1 saturated heterocycles. The Balaban J connectivity index is 2.03. The van der Waals surface area contributed by atoms with Crippen molar-refractivity contribution in [3.63, 3.8) is 0 Å². The number of benzene rings is 1. The van der Waals surface area contributed by atoms with E-state index >= 15 is 0 Å². The quantitative estimate of drug-likeness (QED) is 0.794. The lowest BCUT2D eigenvalue weighted by Crippen LogP contribution is -2.44. The zero-order chi connectivity index (χ0) is 14.5. The first-order valence-electron chi connectivity index (χ1n) is 7.05. The second-order valence-corrected chi connectivity index (χ2v) is 5.28. The molecule has 4 heteroatoms. The first kappa shape index (κ1) is 14.6. The maximum absolute atomic E-state index is 12.5. The van der Waals surface area contributed by atoms with Gasteiger partial charge in [-0.25, -0.2) is 0 Å². The van der Waals surface area contributed by atoms with Crippen LogP contribution in [0.15, 0.2) is 30.3 Å². The van der Waals surface area contributed by atoms with E-state index in [0.29, 0.717) is 6.54 Å². The summed E-state index contributed by atoms with van der Waals surface area (Å²) in [6.07, 6.45) is 1.66. The number of hydrogen-bond acceptors (Lipinski definition) is 3. The Bertz CT molecular complexity index is 472. The van der Waals surface area contributed by atoms with Gasteiger partial charge in [0.2, 0.25) is 5.91 Å². The second-order valence-electron chi connectivity index (χ2n) is 5.28. The van der Waals surface area contributed by atoms with Crippen molar-refractivity contribution in [1.29, 1.82) is 0 Å². The molecule has 0 aliphatic carbocycles. The fourth-order valence-electron chi connectivity index (χ4n) is 2.69. The molecule has 0 aromatic heterocycles. The van der Waals surface area contributed by atoms with Crippen LogP contribution >= 0.6 is 0 Å². The third-order valence-electron chi connectivity index (χ3n) is 3.94. The number of nitrogens with zero attached hydrogens (tertiary/aromatic N) is 1. The van der Waals surface area contributed by atoms with Gasteiger partial charge in [-0.3, -0.25) is 9.59 Å². The first-order valence-corrected chi connectivity index (χ1v) is 7.05. The van der Waals surface area contributed by atoms with Gasteiger partial charge in [-0.15, -0.1) is 0 Å². The van der Waals surface area contributed by atoms with Crippen LogP contribution in [-0.2, 0) is 14.3 Å². The van der Waals surface area contributed by atoms with Crippen LogP contribution < -0.4 is 0 Å². The number of piperidine rings is 1. The average Bonchev–Trinajstić information content (AvgIpc) is 2.53. The van der Waals surface area contributed by atoms with Crippen LogP contribution in [0.1, 0.15) is 31.2 Å². The molecule has 0 bridgehead atoms. The summed E-state index contributed by atoms with van der Waals surface area (Å²) in [5.74, 6) is -0.479. The van der Waals surface area contributed by atoms with Crippen molar-refractivity contribution in [3.8, 4) is 0 Å². The normalized spacial score (nSPS) is 20.3. The third kappa shape index (κ3) is 3.18. The minimum Gasteiger partial charge on any atom is -0.469 e. The second kappa shape index (κ2) is 6.55. The molecule has 20 heavy (non-hydrogen) atoms. The van der Waals surface area contributed by atoms with E-state index in [-0.39, 0.29) is 23.7 Å². The molecule has 1 aliphatic heterocycles. The van der Waals surface area contributed by atoms with Crippen LogP contribution in [0.25, 0.3) is 0 Å². The Kier molecular flexibility index (Phi) is 4.77. The lowest BCUT2D eigenvalue weighted by Gasteiger charge is -2.33. The standard InChI is InChI=1S/C16H21NO3/c1-12(13-7-4-3-5-8-13)15(18)17-10-6-9-14(11-17)16(19)20-2/h3-5,7-8,12,14H,6,9-11H2,1-2H3/t12-,14-/m1/s1. The van der Waals surface area contributed by atoms with Crippen LogP contribution in [-0.4, -0.2) is 37.0 Å². The predicted molar refractivity (Wildman–Crippen MR) is 76.2 cm³/mol. The number of likely N-dealkylation sites (tertiary alicyclic amines) is 1. The van der Waals surface area contributed by atoms with Crippen LogP contribution in [0.2, 0.25) is 0 Å². The molecule has 0 spiro atoms. The largest absolute Gasteiger partial charge is 0.469 e. The smallest absolute Gasteiger partial charge is 0.310 e. The molecule has 0 N–H and O–H groups in total. The van der Waals surface area contributed by atoms with E-state index in [1.165, 1.54) is 7.11 Å². The third-order valence-corrected chi connectivity index (χ3v) is 3.94. The number of esters is 1. The number of rotatable bonds is 3. The Hall–Kier alpha value is -1.84. The highest BCUT2D eigenvalue weighted by atomic mass is 16.5.